The summed E-state index contributed by atoms with van der Waals surface area (Å²) in [5.41, 5.74) is -1.25. The number of amides is 1. The van der Waals surface area contributed by atoms with Gasteiger partial charge in [0.15, 0.2) is 11.3 Å². The first-order valence-corrected chi connectivity index (χ1v) is 9.13. The number of alkyl halides is 3. The van der Waals surface area contributed by atoms with E-state index < -0.39 is 17.8 Å². The molecule has 0 aliphatic heterocycles. The van der Waals surface area contributed by atoms with Gasteiger partial charge in [-0.2, -0.15) is 13.2 Å². The number of aliphatic hydroxyl groups excluding tert-OH is 1. The van der Waals surface area contributed by atoms with Crippen molar-refractivity contribution >= 4 is 40.4 Å². The van der Waals surface area contributed by atoms with Crippen LogP contribution in [-0.2, 0) is 12.7 Å². The first-order chi connectivity index (χ1) is 13.7. The highest BCUT2D eigenvalue weighted by Gasteiger charge is 2.38. The van der Waals surface area contributed by atoms with Crippen LogP contribution in [0.3, 0.4) is 0 Å². The smallest absolute Gasteiger partial charge is 0.395 e. The highest BCUT2D eigenvalue weighted by atomic mass is 35.5. The second-order valence-electron chi connectivity index (χ2n) is 5.97. The predicted octanol–water partition coefficient (Wildman–Crippen LogP) is 3.99. The topological polar surface area (TPSA) is 78.7 Å². The van der Waals surface area contributed by atoms with Gasteiger partial charge in [-0.1, -0.05) is 29.3 Å². The molecule has 0 bridgehead atoms. The van der Waals surface area contributed by atoms with Crippen LogP contribution < -0.4 is 10.6 Å². The molecule has 3 aromatic rings. The van der Waals surface area contributed by atoms with Crippen molar-refractivity contribution in [2.24, 2.45) is 0 Å². The molecule has 3 N–H and O–H groups in total. The number of anilines is 1. The molecule has 154 valence electrons. The van der Waals surface area contributed by atoms with Crippen molar-refractivity contribution in [3.05, 3.63) is 63.5 Å². The molecule has 0 fully saturated rings. The Balaban J connectivity index is 2.04. The number of pyridine rings is 1. The standard InChI is InChI=1S/C18H15Cl2F3N4O2/c19-10-3-1-4-11(20)14(10)17(29)25-12-5-2-7-27-13(9-24-6-8-28)15(18(21,22)23)26-16(12)27/h1-5,7,24,28H,6,8-9H2,(H,25,29). The van der Waals surface area contributed by atoms with Gasteiger partial charge >= 0.3 is 6.18 Å². The minimum atomic E-state index is -4.70. The lowest BCUT2D eigenvalue weighted by Crippen LogP contribution is -2.21. The lowest BCUT2D eigenvalue weighted by Gasteiger charge is -2.10. The van der Waals surface area contributed by atoms with Crippen LogP contribution in [0.2, 0.25) is 10.0 Å². The van der Waals surface area contributed by atoms with Gasteiger partial charge in [0.05, 0.1) is 33.6 Å². The van der Waals surface area contributed by atoms with E-state index >= 15 is 0 Å². The third-order valence-corrected chi connectivity index (χ3v) is 4.67. The Hall–Kier alpha value is -2.33. The van der Waals surface area contributed by atoms with Crippen LogP contribution in [0.1, 0.15) is 21.7 Å². The lowest BCUT2D eigenvalue weighted by molar-refractivity contribution is -0.141. The fourth-order valence-corrected chi connectivity index (χ4v) is 3.36. The third-order valence-electron chi connectivity index (χ3n) is 4.04. The summed E-state index contributed by atoms with van der Waals surface area (Å²) >= 11 is 12.1. The molecule has 1 aromatic carbocycles. The minimum Gasteiger partial charge on any atom is -0.395 e. The molecular formula is C18H15Cl2F3N4O2. The summed E-state index contributed by atoms with van der Waals surface area (Å²) in [6.07, 6.45) is -3.29. The van der Waals surface area contributed by atoms with Gasteiger partial charge in [-0.25, -0.2) is 4.98 Å². The van der Waals surface area contributed by atoms with E-state index in [1.165, 1.54) is 34.9 Å². The molecule has 0 unspecified atom stereocenters. The van der Waals surface area contributed by atoms with E-state index in [0.29, 0.717) is 0 Å². The molecule has 0 radical (unpaired) electrons. The fourth-order valence-electron chi connectivity index (χ4n) is 2.80. The van der Waals surface area contributed by atoms with Gasteiger partial charge in [0.1, 0.15) is 0 Å². The van der Waals surface area contributed by atoms with Gasteiger partial charge in [0, 0.05) is 19.3 Å². The van der Waals surface area contributed by atoms with Crippen LogP contribution >= 0.6 is 23.2 Å². The van der Waals surface area contributed by atoms with Crippen molar-refractivity contribution in [1.29, 1.82) is 0 Å². The normalized spacial score (nSPS) is 11.8. The van der Waals surface area contributed by atoms with Gasteiger partial charge in [-0.3, -0.25) is 4.79 Å². The Labute approximate surface area is 173 Å². The number of fused-ring (bicyclic) bond motifs is 1. The summed E-state index contributed by atoms with van der Waals surface area (Å²) in [6, 6.07) is 7.43. The number of benzene rings is 1. The quantitative estimate of drug-likeness (QED) is 0.500. The number of carbonyl (C=O) groups excluding carboxylic acids is 1. The summed E-state index contributed by atoms with van der Waals surface area (Å²) in [4.78, 5) is 16.3. The maximum atomic E-state index is 13.5. The average Bonchev–Trinajstić information content (AvgIpc) is 3.02. The monoisotopic (exact) mass is 446 g/mol. The Morgan fingerprint density at radius 2 is 1.86 bits per heavy atom. The van der Waals surface area contributed by atoms with E-state index in [-0.39, 0.29) is 52.3 Å². The van der Waals surface area contributed by atoms with Gasteiger partial charge in [0.2, 0.25) is 0 Å². The Morgan fingerprint density at radius 3 is 2.48 bits per heavy atom. The number of aromatic nitrogens is 2. The van der Waals surface area contributed by atoms with Gasteiger partial charge in [0.25, 0.3) is 5.91 Å². The number of rotatable bonds is 6. The van der Waals surface area contributed by atoms with Gasteiger partial charge in [-0.05, 0) is 24.3 Å². The maximum absolute atomic E-state index is 13.5. The summed E-state index contributed by atoms with van der Waals surface area (Å²) < 4.78 is 41.7. The highest BCUT2D eigenvalue weighted by Crippen LogP contribution is 2.34. The number of carbonyl (C=O) groups is 1. The number of imidazole rings is 1. The summed E-state index contributed by atoms with van der Waals surface area (Å²) in [5, 5.41) is 14.3. The highest BCUT2D eigenvalue weighted by molar-refractivity contribution is 6.40. The zero-order chi connectivity index (χ0) is 21.2. The van der Waals surface area contributed by atoms with E-state index in [4.69, 9.17) is 28.3 Å². The van der Waals surface area contributed by atoms with Gasteiger partial charge in [-0.15, -0.1) is 0 Å². The van der Waals surface area contributed by atoms with Gasteiger partial charge < -0.3 is 20.1 Å². The number of aliphatic hydroxyl groups is 1. The third kappa shape index (κ3) is 4.48. The summed E-state index contributed by atoms with van der Waals surface area (Å²) in [6.45, 7) is -0.283. The number of hydrogen-bond acceptors (Lipinski definition) is 4. The van der Waals surface area contributed by atoms with Crippen molar-refractivity contribution < 1.29 is 23.1 Å². The number of halogens is 5. The molecular weight excluding hydrogens is 432 g/mol. The van der Waals surface area contributed by atoms with Crippen molar-refractivity contribution in [2.75, 3.05) is 18.5 Å². The lowest BCUT2D eigenvalue weighted by atomic mass is 10.2. The maximum Gasteiger partial charge on any atom is 0.435 e. The second kappa shape index (κ2) is 8.58. The Bertz CT molecular complexity index is 1030. The zero-order valence-corrected chi connectivity index (χ0v) is 16.2. The van der Waals surface area contributed by atoms with Crippen LogP contribution in [0, 0.1) is 0 Å². The molecule has 0 aliphatic rings. The minimum absolute atomic E-state index is 0.00488. The SMILES string of the molecule is O=C(Nc1cccn2c(CNCCO)c(C(F)(F)F)nc12)c1c(Cl)cccc1Cl. The van der Waals surface area contributed by atoms with E-state index in [2.05, 4.69) is 15.6 Å². The van der Waals surface area contributed by atoms with Crippen LogP contribution in [0.4, 0.5) is 18.9 Å². The summed E-state index contributed by atoms with van der Waals surface area (Å²) in [7, 11) is 0. The van der Waals surface area contributed by atoms with Crippen molar-refractivity contribution in [2.45, 2.75) is 12.7 Å². The molecule has 0 atom stereocenters. The number of hydrogen-bond donors (Lipinski definition) is 3. The molecule has 0 aliphatic carbocycles. The van der Waals surface area contributed by atoms with Crippen LogP contribution in [-0.4, -0.2) is 33.6 Å². The molecule has 29 heavy (non-hydrogen) atoms. The molecule has 11 heteroatoms. The average molecular weight is 447 g/mol. The predicted molar refractivity (Wildman–Crippen MR) is 103 cm³/mol. The van der Waals surface area contributed by atoms with Crippen molar-refractivity contribution in [1.82, 2.24) is 14.7 Å². The van der Waals surface area contributed by atoms with E-state index in [1.807, 2.05) is 0 Å². The first kappa shape index (κ1) is 21.4. The molecule has 0 saturated carbocycles. The van der Waals surface area contributed by atoms with E-state index in [0.717, 1.165) is 0 Å². The molecule has 0 saturated heterocycles. The molecule has 1 amide bonds. The molecule has 2 aromatic heterocycles. The van der Waals surface area contributed by atoms with Crippen LogP contribution in [0.25, 0.3) is 5.65 Å². The second-order valence-corrected chi connectivity index (χ2v) is 6.79. The Morgan fingerprint density at radius 1 is 1.17 bits per heavy atom. The van der Waals surface area contributed by atoms with E-state index in [1.54, 1.807) is 6.07 Å². The zero-order valence-electron chi connectivity index (χ0n) is 14.7. The largest absolute Gasteiger partial charge is 0.435 e. The fraction of sp³-hybridized carbons (Fsp3) is 0.222. The molecule has 6 nitrogen and oxygen atoms in total. The van der Waals surface area contributed by atoms with Crippen molar-refractivity contribution in [3.8, 4) is 0 Å². The summed E-state index contributed by atoms with van der Waals surface area (Å²) in [5.74, 6) is -0.676. The molecule has 0 spiro atoms. The van der Waals surface area contributed by atoms with E-state index in [9.17, 15) is 18.0 Å². The first-order valence-electron chi connectivity index (χ1n) is 8.38. The van der Waals surface area contributed by atoms with Crippen LogP contribution in [0.15, 0.2) is 36.5 Å². The number of nitrogens with one attached hydrogen (secondary N) is 2. The van der Waals surface area contributed by atoms with Crippen LogP contribution in [0.5, 0.6) is 0 Å². The Kier molecular flexibility index (Phi) is 6.33. The van der Waals surface area contributed by atoms with Crippen molar-refractivity contribution in [3.63, 3.8) is 0 Å². The number of nitrogens with zero attached hydrogens (tertiary/aromatic N) is 2. The molecule has 2 heterocycles. The molecule has 3 rings (SSSR count).